The largest absolute Gasteiger partial charge is 0.478 e. The van der Waals surface area contributed by atoms with Crippen LogP contribution in [-0.4, -0.2) is 27.8 Å². The molecule has 98 valence electrons. The molecule has 1 heterocycles. The topological polar surface area (TPSA) is 82.5 Å². The van der Waals surface area contributed by atoms with Gasteiger partial charge in [-0.2, -0.15) is 0 Å². The lowest BCUT2D eigenvalue weighted by Gasteiger charge is -2.18. The number of carboxylic acid groups (broad SMARTS) is 1. The van der Waals surface area contributed by atoms with Gasteiger partial charge in [0.05, 0.1) is 30.1 Å². The molecule has 0 saturated heterocycles. The van der Waals surface area contributed by atoms with Crippen molar-refractivity contribution < 1.29 is 15.0 Å². The highest BCUT2D eigenvalue weighted by Crippen LogP contribution is 2.21. The summed E-state index contributed by atoms with van der Waals surface area (Å²) in [4.78, 5) is 15.0. The van der Waals surface area contributed by atoms with Crippen LogP contribution in [0.5, 0.6) is 0 Å². The van der Waals surface area contributed by atoms with Gasteiger partial charge in [-0.05, 0) is 11.6 Å². The van der Waals surface area contributed by atoms with Crippen LogP contribution < -0.4 is 5.32 Å². The second-order valence-corrected chi connectivity index (χ2v) is 4.02. The van der Waals surface area contributed by atoms with Gasteiger partial charge in [-0.1, -0.05) is 30.3 Å². The van der Waals surface area contributed by atoms with Crippen LogP contribution in [0.3, 0.4) is 0 Å². The van der Waals surface area contributed by atoms with Gasteiger partial charge in [0.15, 0.2) is 0 Å². The Kier molecular flexibility index (Phi) is 4.10. The lowest BCUT2D eigenvalue weighted by molar-refractivity contribution is 0.0697. The summed E-state index contributed by atoms with van der Waals surface area (Å²) in [6, 6.07) is 10.4. The number of anilines is 1. The summed E-state index contributed by atoms with van der Waals surface area (Å²) in [5, 5.41) is 21.5. The van der Waals surface area contributed by atoms with E-state index in [9.17, 15) is 9.90 Å². The molecule has 0 saturated carbocycles. The molecule has 0 bridgehead atoms. The summed E-state index contributed by atoms with van der Waals surface area (Å²) in [5.41, 5.74) is 1.40. The zero-order valence-electron chi connectivity index (χ0n) is 10.2. The number of hydrogen-bond acceptors (Lipinski definition) is 4. The summed E-state index contributed by atoms with van der Waals surface area (Å²) in [7, 11) is 0. The van der Waals surface area contributed by atoms with Crippen molar-refractivity contribution in [2.24, 2.45) is 0 Å². The molecule has 0 fully saturated rings. The van der Waals surface area contributed by atoms with Crippen molar-refractivity contribution >= 4 is 11.7 Å². The van der Waals surface area contributed by atoms with E-state index in [0.717, 1.165) is 5.56 Å². The van der Waals surface area contributed by atoms with Gasteiger partial charge in [-0.25, -0.2) is 4.79 Å². The van der Waals surface area contributed by atoms with Crippen molar-refractivity contribution in [1.29, 1.82) is 0 Å². The van der Waals surface area contributed by atoms with Crippen molar-refractivity contribution in [1.82, 2.24) is 4.98 Å². The molecular weight excluding hydrogens is 244 g/mol. The highest BCUT2D eigenvalue weighted by atomic mass is 16.4. The Morgan fingerprint density at radius 2 is 2.00 bits per heavy atom. The highest BCUT2D eigenvalue weighted by molar-refractivity contribution is 5.93. The Balaban J connectivity index is 2.27. The molecule has 0 aliphatic rings. The Morgan fingerprint density at radius 3 is 2.63 bits per heavy atom. The number of carbonyl (C=O) groups is 1. The van der Waals surface area contributed by atoms with Crippen molar-refractivity contribution in [3.05, 3.63) is 59.9 Å². The number of hydrogen-bond donors (Lipinski definition) is 3. The van der Waals surface area contributed by atoms with Crippen molar-refractivity contribution in [2.45, 2.75) is 6.04 Å². The summed E-state index contributed by atoms with van der Waals surface area (Å²) < 4.78 is 0. The fourth-order valence-electron chi connectivity index (χ4n) is 1.80. The van der Waals surface area contributed by atoms with Crippen LogP contribution in [0.2, 0.25) is 0 Å². The average Bonchev–Trinajstić information content (AvgIpc) is 2.46. The maximum atomic E-state index is 11.1. The van der Waals surface area contributed by atoms with Crippen LogP contribution in [0, 0.1) is 0 Å². The van der Waals surface area contributed by atoms with Crippen LogP contribution in [0.15, 0.2) is 48.8 Å². The number of aliphatic hydroxyl groups is 1. The molecule has 0 aliphatic heterocycles. The number of carboxylic acids is 1. The number of nitrogens with one attached hydrogen (secondary N) is 1. The van der Waals surface area contributed by atoms with Gasteiger partial charge in [-0.3, -0.25) is 4.98 Å². The summed E-state index contributed by atoms with van der Waals surface area (Å²) >= 11 is 0. The lowest BCUT2D eigenvalue weighted by atomic mass is 10.1. The molecule has 3 N–H and O–H groups in total. The Labute approximate surface area is 110 Å². The summed E-state index contributed by atoms with van der Waals surface area (Å²) in [6.45, 7) is -0.141. The minimum atomic E-state index is -1.03. The predicted molar refractivity (Wildman–Crippen MR) is 71.1 cm³/mol. The van der Waals surface area contributed by atoms with Gasteiger partial charge in [0.2, 0.25) is 0 Å². The van der Waals surface area contributed by atoms with E-state index in [1.54, 1.807) is 0 Å². The van der Waals surface area contributed by atoms with E-state index >= 15 is 0 Å². The van der Waals surface area contributed by atoms with E-state index in [2.05, 4.69) is 10.3 Å². The molecule has 1 unspecified atom stereocenters. The number of benzene rings is 1. The number of aromatic nitrogens is 1. The normalized spacial score (nSPS) is 11.8. The second-order valence-electron chi connectivity index (χ2n) is 4.02. The van der Waals surface area contributed by atoms with Gasteiger partial charge < -0.3 is 15.5 Å². The molecule has 1 atom stereocenters. The molecule has 1 aromatic carbocycles. The average molecular weight is 258 g/mol. The van der Waals surface area contributed by atoms with Crippen LogP contribution in [0.4, 0.5) is 5.69 Å². The fraction of sp³-hybridized carbons (Fsp3) is 0.143. The van der Waals surface area contributed by atoms with Crippen molar-refractivity contribution in [3.63, 3.8) is 0 Å². The van der Waals surface area contributed by atoms with Gasteiger partial charge in [0.25, 0.3) is 0 Å². The summed E-state index contributed by atoms with van der Waals surface area (Å²) in [5.74, 6) is -1.03. The third-order valence-corrected chi connectivity index (χ3v) is 2.77. The molecule has 0 radical (unpaired) electrons. The van der Waals surface area contributed by atoms with E-state index in [4.69, 9.17) is 5.11 Å². The number of aliphatic hydroxyl groups excluding tert-OH is 1. The molecule has 5 nitrogen and oxygen atoms in total. The van der Waals surface area contributed by atoms with Crippen LogP contribution in [0.1, 0.15) is 22.0 Å². The van der Waals surface area contributed by atoms with E-state index in [0.29, 0.717) is 5.69 Å². The Bertz CT molecular complexity index is 558. The monoisotopic (exact) mass is 258 g/mol. The van der Waals surface area contributed by atoms with Crippen molar-refractivity contribution in [3.8, 4) is 0 Å². The molecular formula is C14H14N2O3. The van der Waals surface area contributed by atoms with Gasteiger partial charge >= 0.3 is 5.97 Å². The molecule has 0 spiro atoms. The highest BCUT2D eigenvalue weighted by Gasteiger charge is 2.15. The number of pyridine rings is 1. The van der Waals surface area contributed by atoms with E-state index in [1.807, 2.05) is 30.3 Å². The quantitative estimate of drug-likeness (QED) is 0.763. The second kappa shape index (κ2) is 5.97. The van der Waals surface area contributed by atoms with E-state index in [1.165, 1.54) is 18.5 Å². The SMILES string of the molecule is O=C(O)c1ccncc1NC(CO)c1ccccc1. The molecule has 19 heavy (non-hydrogen) atoms. The van der Waals surface area contributed by atoms with E-state index < -0.39 is 5.97 Å². The van der Waals surface area contributed by atoms with Crippen LogP contribution >= 0.6 is 0 Å². The predicted octanol–water partition coefficient (Wildman–Crippen LogP) is 1.93. The molecule has 0 amide bonds. The first kappa shape index (κ1) is 13.0. The summed E-state index contributed by atoms with van der Waals surface area (Å²) in [6.07, 6.45) is 2.86. The zero-order valence-corrected chi connectivity index (χ0v) is 10.2. The lowest BCUT2D eigenvalue weighted by Crippen LogP contribution is -2.17. The first-order valence-electron chi connectivity index (χ1n) is 5.82. The fourth-order valence-corrected chi connectivity index (χ4v) is 1.80. The van der Waals surface area contributed by atoms with Crippen LogP contribution in [0.25, 0.3) is 0 Å². The molecule has 5 heteroatoms. The maximum Gasteiger partial charge on any atom is 0.337 e. The van der Waals surface area contributed by atoms with E-state index in [-0.39, 0.29) is 18.2 Å². The minimum Gasteiger partial charge on any atom is -0.478 e. The standard InChI is InChI=1S/C14H14N2O3/c17-9-13(10-4-2-1-3-5-10)16-12-8-15-7-6-11(12)14(18)19/h1-8,13,16-17H,9H2,(H,18,19). The molecule has 2 aromatic rings. The minimum absolute atomic E-state index is 0.129. The van der Waals surface area contributed by atoms with Crippen molar-refractivity contribution in [2.75, 3.05) is 11.9 Å². The van der Waals surface area contributed by atoms with Gasteiger partial charge in [0.1, 0.15) is 0 Å². The number of nitrogens with zero attached hydrogens (tertiary/aromatic N) is 1. The Hall–Kier alpha value is -2.40. The van der Waals surface area contributed by atoms with Crippen LogP contribution in [-0.2, 0) is 0 Å². The molecule has 1 aromatic heterocycles. The first-order chi connectivity index (χ1) is 9.22. The number of rotatable bonds is 5. The molecule has 0 aliphatic carbocycles. The first-order valence-corrected chi connectivity index (χ1v) is 5.82. The Morgan fingerprint density at radius 1 is 1.26 bits per heavy atom. The number of aromatic carboxylic acids is 1. The zero-order chi connectivity index (χ0) is 13.7. The third kappa shape index (κ3) is 3.08. The third-order valence-electron chi connectivity index (χ3n) is 2.77. The molecule has 2 rings (SSSR count). The van der Waals surface area contributed by atoms with Gasteiger partial charge in [-0.15, -0.1) is 0 Å². The van der Waals surface area contributed by atoms with Gasteiger partial charge in [0, 0.05) is 6.20 Å². The smallest absolute Gasteiger partial charge is 0.337 e. The maximum absolute atomic E-state index is 11.1.